The molecule has 9 heteroatoms. The number of ether oxygens (including phenoxy) is 1. The molecule has 1 aromatic heterocycles. The van der Waals surface area contributed by atoms with Gasteiger partial charge in [0.2, 0.25) is 5.91 Å². The van der Waals surface area contributed by atoms with Crippen LogP contribution in [0.25, 0.3) is 0 Å². The van der Waals surface area contributed by atoms with E-state index in [1.165, 1.54) is 0 Å². The summed E-state index contributed by atoms with van der Waals surface area (Å²) in [5.74, 6) is 0.588. The molecule has 1 saturated heterocycles. The Bertz CT molecular complexity index is 564. The molecule has 0 radical (unpaired) electrons. The molecule has 1 fully saturated rings. The van der Waals surface area contributed by atoms with Crippen LogP contribution in [0.4, 0.5) is 0 Å². The number of guanidine groups is 1. The third kappa shape index (κ3) is 9.34. The van der Waals surface area contributed by atoms with Crippen LogP contribution in [0.5, 0.6) is 0 Å². The molecular weight excluding hydrogens is 459 g/mol. The number of aromatic nitrogens is 1. The maximum absolute atomic E-state index is 11.7. The van der Waals surface area contributed by atoms with Crippen LogP contribution in [-0.4, -0.2) is 74.7 Å². The van der Waals surface area contributed by atoms with Gasteiger partial charge in [0.25, 0.3) is 0 Å². The van der Waals surface area contributed by atoms with E-state index in [4.69, 9.17) is 4.74 Å². The van der Waals surface area contributed by atoms with E-state index in [9.17, 15) is 4.79 Å². The molecule has 0 saturated carbocycles. The number of aliphatic imine (C=N–C) groups is 1. The van der Waals surface area contributed by atoms with Crippen molar-refractivity contribution in [3.63, 3.8) is 0 Å². The molecule has 152 valence electrons. The van der Waals surface area contributed by atoms with Gasteiger partial charge in [0.1, 0.15) is 0 Å². The Kier molecular flexibility index (Phi) is 11.9. The van der Waals surface area contributed by atoms with Crippen molar-refractivity contribution in [2.45, 2.75) is 25.4 Å². The standard InChI is InChI=1S/C18H30N6O2.HI/c1-19-18(22-13-17(25)21-9-12-26-2)23-15-6-10-24(11-7-15)14-16-5-3-4-8-20-16;/h3-5,8,15H,6-7,9-14H2,1-2H3,(H,21,25)(H2,19,22,23);1H. The predicted molar refractivity (Wildman–Crippen MR) is 117 cm³/mol. The van der Waals surface area contributed by atoms with E-state index in [-0.39, 0.29) is 36.4 Å². The Morgan fingerprint density at radius 1 is 1.33 bits per heavy atom. The van der Waals surface area contributed by atoms with Crippen LogP contribution < -0.4 is 16.0 Å². The number of rotatable bonds is 8. The van der Waals surface area contributed by atoms with Gasteiger partial charge in [-0.15, -0.1) is 24.0 Å². The third-order valence-corrected chi connectivity index (χ3v) is 4.31. The molecule has 2 heterocycles. The summed E-state index contributed by atoms with van der Waals surface area (Å²) in [6.07, 6.45) is 3.91. The Hall–Kier alpha value is -1.46. The van der Waals surface area contributed by atoms with Gasteiger partial charge in [-0.2, -0.15) is 0 Å². The fourth-order valence-electron chi connectivity index (χ4n) is 2.86. The van der Waals surface area contributed by atoms with Gasteiger partial charge in [0, 0.05) is 52.6 Å². The highest BCUT2D eigenvalue weighted by Gasteiger charge is 2.20. The fraction of sp³-hybridized carbons (Fsp3) is 0.611. The first-order chi connectivity index (χ1) is 12.7. The molecule has 0 aliphatic carbocycles. The average molecular weight is 490 g/mol. The van der Waals surface area contributed by atoms with Crippen LogP contribution in [-0.2, 0) is 16.1 Å². The lowest BCUT2D eigenvalue weighted by molar-refractivity contribution is -0.120. The Morgan fingerprint density at radius 2 is 2.11 bits per heavy atom. The van der Waals surface area contributed by atoms with Gasteiger partial charge in [0.05, 0.1) is 18.8 Å². The first kappa shape index (κ1) is 23.6. The van der Waals surface area contributed by atoms with Crippen LogP contribution in [0.15, 0.2) is 29.4 Å². The summed E-state index contributed by atoms with van der Waals surface area (Å²) in [5.41, 5.74) is 1.11. The lowest BCUT2D eigenvalue weighted by Gasteiger charge is -2.32. The molecule has 8 nitrogen and oxygen atoms in total. The summed E-state index contributed by atoms with van der Waals surface area (Å²) >= 11 is 0. The van der Waals surface area contributed by atoms with Gasteiger partial charge in [-0.05, 0) is 25.0 Å². The highest BCUT2D eigenvalue weighted by atomic mass is 127. The minimum Gasteiger partial charge on any atom is -0.383 e. The smallest absolute Gasteiger partial charge is 0.239 e. The van der Waals surface area contributed by atoms with Crippen LogP contribution in [0, 0.1) is 0 Å². The molecule has 0 atom stereocenters. The van der Waals surface area contributed by atoms with Crippen LogP contribution in [0.1, 0.15) is 18.5 Å². The molecule has 0 bridgehead atoms. The number of methoxy groups -OCH3 is 1. The van der Waals surface area contributed by atoms with E-state index in [1.807, 2.05) is 18.3 Å². The highest BCUT2D eigenvalue weighted by molar-refractivity contribution is 14.0. The first-order valence-corrected chi connectivity index (χ1v) is 9.06. The summed E-state index contributed by atoms with van der Waals surface area (Å²) in [6, 6.07) is 6.39. The number of halogens is 1. The maximum atomic E-state index is 11.7. The van der Waals surface area contributed by atoms with E-state index >= 15 is 0 Å². The highest BCUT2D eigenvalue weighted by Crippen LogP contribution is 2.12. The lowest BCUT2D eigenvalue weighted by atomic mass is 10.0. The van der Waals surface area contributed by atoms with Gasteiger partial charge in [-0.3, -0.25) is 19.7 Å². The Labute approximate surface area is 178 Å². The summed E-state index contributed by atoms with van der Waals surface area (Å²) in [7, 11) is 3.33. The minimum atomic E-state index is -0.0739. The molecule has 1 amide bonds. The zero-order valence-electron chi connectivity index (χ0n) is 16.1. The topological polar surface area (TPSA) is 90.9 Å². The minimum absolute atomic E-state index is 0. The van der Waals surface area contributed by atoms with Crippen molar-refractivity contribution in [2.75, 3.05) is 46.9 Å². The third-order valence-electron chi connectivity index (χ3n) is 4.31. The number of likely N-dealkylation sites (tertiary alicyclic amines) is 1. The molecule has 1 aliphatic rings. The van der Waals surface area contributed by atoms with Gasteiger partial charge < -0.3 is 20.7 Å². The largest absolute Gasteiger partial charge is 0.383 e. The summed E-state index contributed by atoms with van der Waals surface area (Å²) in [4.78, 5) is 22.7. The van der Waals surface area contributed by atoms with Crippen molar-refractivity contribution >= 4 is 35.8 Å². The summed E-state index contributed by atoms with van der Waals surface area (Å²) in [6.45, 7) is 4.14. The molecule has 1 aliphatic heterocycles. The number of carbonyl (C=O) groups excluding carboxylic acids is 1. The zero-order valence-corrected chi connectivity index (χ0v) is 18.4. The molecule has 0 unspecified atom stereocenters. The fourth-order valence-corrected chi connectivity index (χ4v) is 2.86. The number of nitrogens with one attached hydrogen (secondary N) is 3. The second-order valence-corrected chi connectivity index (χ2v) is 6.28. The predicted octanol–water partition coefficient (Wildman–Crippen LogP) is 0.592. The monoisotopic (exact) mass is 490 g/mol. The molecule has 1 aromatic rings. The molecule has 0 aromatic carbocycles. The van der Waals surface area contributed by atoms with Crippen LogP contribution >= 0.6 is 24.0 Å². The second-order valence-electron chi connectivity index (χ2n) is 6.28. The number of nitrogens with zero attached hydrogens (tertiary/aromatic N) is 3. The maximum Gasteiger partial charge on any atom is 0.239 e. The first-order valence-electron chi connectivity index (χ1n) is 9.06. The van der Waals surface area contributed by atoms with Crippen molar-refractivity contribution in [1.29, 1.82) is 0 Å². The zero-order chi connectivity index (χ0) is 18.6. The van der Waals surface area contributed by atoms with Gasteiger partial charge in [-0.25, -0.2) is 0 Å². The van der Waals surface area contributed by atoms with Gasteiger partial charge >= 0.3 is 0 Å². The molecule has 3 N–H and O–H groups in total. The number of hydrogen-bond donors (Lipinski definition) is 3. The quantitative estimate of drug-likeness (QED) is 0.214. The number of hydrogen-bond acceptors (Lipinski definition) is 5. The second kappa shape index (κ2) is 13.7. The number of piperidine rings is 1. The van der Waals surface area contributed by atoms with Gasteiger partial charge in [-0.1, -0.05) is 6.07 Å². The van der Waals surface area contributed by atoms with Crippen molar-refractivity contribution in [2.24, 2.45) is 4.99 Å². The number of pyridine rings is 1. The Morgan fingerprint density at radius 3 is 2.74 bits per heavy atom. The normalized spacial score (nSPS) is 15.7. The number of carbonyl (C=O) groups is 1. The van der Waals surface area contributed by atoms with Crippen molar-refractivity contribution in [3.8, 4) is 0 Å². The SMILES string of the molecule is CN=C(NCC(=O)NCCOC)NC1CCN(Cc2ccccn2)CC1.I. The number of amides is 1. The summed E-state index contributed by atoms with van der Waals surface area (Å²) in [5, 5.41) is 9.24. The lowest BCUT2D eigenvalue weighted by Crippen LogP contribution is -2.50. The van der Waals surface area contributed by atoms with E-state index in [1.54, 1.807) is 14.2 Å². The molecule has 27 heavy (non-hydrogen) atoms. The molecule has 2 rings (SSSR count). The van der Waals surface area contributed by atoms with Crippen LogP contribution in [0.2, 0.25) is 0 Å². The van der Waals surface area contributed by atoms with E-state index in [2.05, 4.69) is 36.9 Å². The van der Waals surface area contributed by atoms with Crippen molar-refractivity contribution in [3.05, 3.63) is 30.1 Å². The van der Waals surface area contributed by atoms with Crippen LogP contribution in [0.3, 0.4) is 0 Å². The molecular formula is C18H31IN6O2. The Balaban J connectivity index is 0.00000364. The van der Waals surface area contributed by atoms with Crippen molar-refractivity contribution in [1.82, 2.24) is 25.8 Å². The van der Waals surface area contributed by atoms with Gasteiger partial charge in [0.15, 0.2) is 5.96 Å². The molecule has 0 spiro atoms. The average Bonchev–Trinajstić information content (AvgIpc) is 2.67. The van der Waals surface area contributed by atoms with E-state index in [0.717, 1.165) is 38.2 Å². The van der Waals surface area contributed by atoms with E-state index < -0.39 is 0 Å². The summed E-state index contributed by atoms with van der Waals surface area (Å²) < 4.78 is 4.91. The van der Waals surface area contributed by atoms with Crippen molar-refractivity contribution < 1.29 is 9.53 Å². The van der Waals surface area contributed by atoms with E-state index in [0.29, 0.717) is 25.2 Å².